The van der Waals surface area contributed by atoms with E-state index >= 15 is 0 Å². The zero-order chi connectivity index (χ0) is 13.8. The van der Waals surface area contributed by atoms with Crippen molar-refractivity contribution < 1.29 is 4.92 Å². The second-order valence-corrected chi connectivity index (χ2v) is 4.88. The normalized spacial score (nSPS) is 19.5. The van der Waals surface area contributed by atoms with Crippen molar-refractivity contribution in [3.05, 3.63) is 28.3 Å². The second kappa shape index (κ2) is 5.88. The molecule has 1 atom stereocenters. The van der Waals surface area contributed by atoms with E-state index in [1.165, 1.54) is 25.0 Å². The molecule has 6 heteroatoms. The Balaban J connectivity index is 2.01. The monoisotopic (exact) mass is 264 g/mol. The molecule has 1 aromatic rings. The third kappa shape index (κ3) is 3.35. The number of nitrogens with one attached hydrogen (secondary N) is 1. The molecule has 1 aliphatic rings. The van der Waals surface area contributed by atoms with E-state index in [4.69, 9.17) is 5.73 Å². The average Bonchev–Trinajstić information content (AvgIpc) is 2.83. The molecule has 1 fully saturated rings. The van der Waals surface area contributed by atoms with Crippen LogP contribution in [-0.2, 0) is 0 Å². The predicted octanol–water partition coefficient (Wildman–Crippen LogP) is 2.07. The summed E-state index contributed by atoms with van der Waals surface area (Å²) < 4.78 is 0. The van der Waals surface area contributed by atoms with Crippen molar-refractivity contribution in [2.75, 3.05) is 30.7 Å². The van der Waals surface area contributed by atoms with Gasteiger partial charge >= 0.3 is 0 Å². The average molecular weight is 264 g/mol. The molecular weight excluding hydrogens is 244 g/mol. The predicted molar refractivity (Wildman–Crippen MR) is 76.3 cm³/mol. The van der Waals surface area contributed by atoms with Crippen molar-refractivity contribution in [1.29, 1.82) is 0 Å². The van der Waals surface area contributed by atoms with Crippen molar-refractivity contribution in [1.82, 2.24) is 4.90 Å². The quantitative estimate of drug-likeness (QED) is 0.483. The van der Waals surface area contributed by atoms with Gasteiger partial charge in [0.25, 0.3) is 5.69 Å². The van der Waals surface area contributed by atoms with Crippen molar-refractivity contribution in [2.24, 2.45) is 0 Å². The Kier molecular flexibility index (Phi) is 4.21. The third-order valence-electron chi connectivity index (χ3n) is 3.60. The van der Waals surface area contributed by atoms with Gasteiger partial charge in [0.2, 0.25) is 0 Å². The van der Waals surface area contributed by atoms with E-state index in [9.17, 15) is 10.1 Å². The number of nitro benzene ring substituents is 1. The van der Waals surface area contributed by atoms with Gasteiger partial charge < -0.3 is 11.1 Å². The maximum absolute atomic E-state index is 10.8. The first-order valence-corrected chi connectivity index (χ1v) is 6.63. The Hall–Kier alpha value is -1.82. The minimum atomic E-state index is -0.421. The van der Waals surface area contributed by atoms with Crippen LogP contribution in [0.2, 0.25) is 0 Å². The first-order chi connectivity index (χ1) is 9.10. The van der Waals surface area contributed by atoms with Crippen LogP contribution in [0.5, 0.6) is 0 Å². The summed E-state index contributed by atoms with van der Waals surface area (Å²) in [5.41, 5.74) is 6.84. The molecule has 104 valence electrons. The first-order valence-electron chi connectivity index (χ1n) is 6.63. The van der Waals surface area contributed by atoms with E-state index in [2.05, 4.69) is 17.1 Å². The smallest absolute Gasteiger partial charge is 0.273 e. The van der Waals surface area contributed by atoms with Crippen LogP contribution in [0.1, 0.15) is 19.8 Å². The van der Waals surface area contributed by atoms with Crippen LogP contribution >= 0.6 is 0 Å². The molecule has 0 radical (unpaired) electrons. The molecule has 0 amide bonds. The molecule has 19 heavy (non-hydrogen) atoms. The molecule has 0 spiro atoms. The highest BCUT2D eigenvalue weighted by Gasteiger charge is 2.22. The van der Waals surface area contributed by atoms with Crippen LogP contribution in [0, 0.1) is 10.1 Å². The lowest BCUT2D eigenvalue weighted by Crippen LogP contribution is -2.34. The number of nitrogens with zero attached hydrogens (tertiary/aromatic N) is 2. The van der Waals surface area contributed by atoms with Gasteiger partial charge in [0.1, 0.15) is 0 Å². The summed E-state index contributed by atoms with van der Waals surface area (Å²) in [6.07, 6.45) is 2.39. The Bertz CT molecular complexity index is 464. The first kappa shape index (κ1) is 13.6. The minimum Gasteiger partial charge on any atom is -0.398 e. The lowest BCUT2D eigenvalue weighted by molar-refractivity contribution is -0.384. The number of anilines is 2. The van der Waals surface area contributed by atoms with Crippen LogP contribution in [0.25, 0.3) is 0 Å². The van der Waals surface area contributed by atoms with E-state index in [-0.39, 0.29) is 5.69 Å². The molecule has 1 heterocycles. The lowest BCUT2D eigenvalue weighted by Gasteiger charge is -2.23. The third-order valence-corrected chi connectivity index (χ3v) is 3.60. The van der Waals surface area contributed by atoms with Crippen LogP contribution in [0.4, 0.5) is 17.1 Å². The van der Waals surface area contributed by atoms with Gasteiger partial charge in [-0.25, -0.2) is 0 Å². The fraction of sp³-hybridized carbons (Fsp3) is 0.538. The fourth-order valence-electron chi connectivity index (χ4n) is 2.62. The van der Waals surface area contributed by atoms with Crippen molar-refractivity contribution in [3.8, 4) is 0 Å². The fourth-order valence-corrected chi connectivity index (χ4v) is 2.62. The Morgan fingerprint density at radius 1 is 1.53 bits per heavy atom. The van der Waals surface area contributed by atoms with Gasteiger partial charge in [-0.3, -0.25) is 15.0 Å². The number of likely N-dealkylation sites (N-methyl/N-ethyl adjacent to an activating group) is 1. The molecule has 0 saturated carbocycles. The molecule has 1 aromatic carbocycles. The number of hydrogen-bond acceptors (Lipinski definition) is 5. The van der Waals surface area contributed by atoms with E-state index < -0.39 is 4.92 Å². The topological polar surface area (TPSA) is 84.4 Å². The summed E-state index contributed by atoms with van der Waals surface area (Å²) in [6.45, 7) is 5.14. The summed E-state index contributed by atoms with van der Waals surface area (Å²) in [7, 11) is 0. The van der Waals surface area contributed by atoms with Gasteiger partial charge in [0.15, 0.2) is 0 Å². The van der Waals surface area contributed by atoms with Gasteiger partial charge in [0, 0.05) is 36.1 Å². The van der Waals surface area contributed by atoms with Gasteiger partial charge in [0.05, 0.1) is 4.92 Å². The lowest BCUT2D eigenvalue weighted by atomic mass is 10.2. The SMILES string of the molecule is CCN1CCCC1CNc1cc(N)cc([N+](=O)[O-])c1. The van der Waals surface area contributed by atoms with Crippen molar-refractivity contribution in [2.45, 2.75) is 25.8 Å². The number of benzene rings is 1. The van der Waals surface area contributed by atoms with E-state index in [1.54, 1.807) is 6.07 Å². The molecule has 0 bridgehead atoms. The minimum absolute atomic E-state index is 0.0290. The van der Waals surface area contributed by atoms with Crippen LogP contribution in [0.15, 0.2) is 18.2 Å². The summed E-state index contributed by atoms with van der Waals surface area (Å²) >= 11 is 0. The van der Waals surface area contributed by atoms with E-state index in [0.29, 0.717) is 11.7 Å². The van der Waals surface area contributed by atoms with Crippen LogP contribution in [-0.4, -0.2) is 35.5 Å². The maximum atomic E-state index is 10.8. The zero-order valence-corrected chi connectivity index (χ0v) is 11.1. The van der Waals surface area contributed by atoms with Crippen molar-refractivity contribution >= 4 is 17.1 Å². The number of nitrogens with two attached hydrogens (primary N) is 1. The Labute approximate surface area is 112 Å². The summed E-state index contributed by atoms with van der Waals surface area (Å²) in [4.78, 5) is 12.8. The number of non-ortho nitro benzene ring substituents is 1. The molecule has 0 aliphatic carbocycles. The van der Waals surface area contributed by atoms with E-state index in [1.807, 2.05) is 0 Å². The largest absolute Gasteiger partial charge is 0.398 e. The summed E-state index contributed by atoms with van der Waals surface area (Å²) in [5, 5.41) is 14.0. The molecule has 2 rings (SSSR count). The van der Waals surface area contributed by atoms with Gasteiger partial charge in [-0.2, -0.15) is 0 Å². The molecule has 1 saturated heterocycles. The Morgan fingerprint density at radius 2 is 2.32 bits per heavy atom. The number of nitro groups is 1. The maximum Gasteiger partial charge on any atom is 0.273 e. The van der Waals surface area contributed by atoms with Crippen molar-refractivity contribution in [3.63, 3.8) is 0 Å². The van der Waals surface area contributed by atoms with Gasteiger partial charge in [-0.15, -0.1) is 0 Å². The number of nitrogen functional groups attached to an aromatic ring is 1. The standard InChI is InChI=1S/C13H20N4O2/c1-2-16-5-3-4-12(16)9-15-11-6-10(14)7-13(8-11)17(18)19/h6-8,12,15H,2-5,9,14H2,1H3. The number of rotatable bonds is 5. The molecule has 3 N–H and O–H groups in total. The second-order valence-electron chi connectivity index (χ2n) is 4.88. The highest BCUT2D eigenvalue weighted by Crippen LogP contribution is 2.23. The van der Waals surface area contributed by atoms with Crippen LogP contribution < -0.4 is 11.1 Å². The highest BCUT2D eigenvalue weighted by molar-refractivity contribution is 5.61. The molecular formula is C13H20N4O2. The molecule has 1 aliphatic heterocycles. The Morgan fingerprint density at radius 3 is 3.00 bits per heavy atom. The summed E-state index contributed by atoms with van der Waals surface area (Å²) in [5.74, 6) is 0. The molecule has 6 nitrogen and oxygen atoms in total. The molecule has 0 aromatic heterocycles. The molecule has 1 unspecified atom stereocenters. The zero-order valence-electron chi connectivity index (χ0n) is 11.1. The van der Waals surface area contributed by atoms with Gasteiger partial charge in [-0.05, 0) is 32.0 Å². The van der Waals surface area contributed by atoms with E-state index in [0.717, 1.165) is 25.3 Å². The summed E-state index contributed by atoms with van der Waals surface area (Å²) in [6, 6.07) is 5.14. The number of hydrogen-bond donors (Lipinski definition) is 2. The van der Waals surface area contributed by atoms with Gasteiger partial charge in [-0.1, -0.05) is 6.92 Å². The highest BCUT2D eigenvalue weighted by atomic mass is 16.6. The van der Waals surface area contributed by atoms with Crippen LogP contribution in [0.3, 0.4) is 0 Å². The number of likely N-dealkylation sites (tertiary alicyclic amines) is 1.